The summed E-state index contributed by atoms with van der Waals surface area (Å²) in [7, 11) is 2.07. The number of hydrogen-bond donors (Lipinski definition) is 0. The van der Waals surface area contributed by atoms with Crippen LogP contribution in [0.3, 0.4) is 0 Å². The molecule has 0 aliphatic rings. The van der Waals surface area contributed by atoms with Crippen molar-refractivity contribution in [3.63, 3.8) is 0 Å². The summed E-state index contributed by atoms with van der Waals surface area (Å²) in [6, 6.07) is 6.39. The lowest BCUT2D eigenvalue weighted by Crippen LogP contribution is -2.26. The predicted octanol–water partition coefficient (Wildman–Crippen LogP) is 1.87. The summed E-state index contributed by atoms with van der Waals surface area (Å²) >= 11 is 0. The van der Waals surface area contributed by atoms with Gasteiger partial charge in [0.15, 0.2) is 0 Å². The van der Waals surface area contributed by atoms with Crippen molar-refractivity contribution in [2.75, 3.05) is 0 Å². The zero-order chi connectivity index (χ0) is 12.3. The molecule has 0 unspecified atom stereocenters. The number of hydrogen-bond acceptors (Lipinski definition) is 1. The standard InChI is InChI=1S/C14H13N4/c1-10-4-3-5-11-12(10)13-16(2)8-9-18(13)14-15-6-7-17(11)14/h3-9H,1-2H3/q+1. The topological polar surface area (TPSA) is 25.6 Å². The maximum atomic E-state index is 4.45. The number of aryl methyl sites for hydroxylation is 2. The lowest BCUT2D eigenvalue weighted by molar-refractivity contribution is -0.643. The molecule has 4 heteroatoms. The van der Waals surface area contributed by atoms with Crippen molar-refractivity contribution in [1.29, 1.82) is 0 Å². The van der Waals surface area contributed by atoms with Gasteiger partial charge < -0.3 is 0 Å². The fourth-order valence-electron chi connectivity index (χ4n) is 2.74. The zero-order valence-electron chi connectivity index (χ0n) is 10.3. The summed E-state index contributed by atoms with van der Waals surface area (Å²) in [5.41, 5.74) is 3.66. The van der Waals surface area contributed by atoms with E-state index in [9.17, 15) is 0 Å². The van der Waals surface area contributed by atoms with Crippen molar-refractivity contribution < 1.29 is 4.57 Å². The molecule has 0 saturated carbocycles. The fourth-order valence-corrected chi connectivity index (χ4v) is 2.74. The Kier molecular flexibility index (Phi) is 1.66. The molecule has 0 bridgehead atoms. The molecule has 0 aliphatic carbocycles. The van der Waals surface area contributed by atoms with E-state index >= 15 is 0 Å². The van der Waals surface area contributed by atoms with Crippen LogP contribution in [0.4, 0.5) is 0 Å². The molecule has 0 N–H and O–H groups in total. The summed E-state index contributed by atoms with van der Waals surface area (Å²) in [5, 5.41) is 1.27. The second-order valence-electron chi connectivity index (χ2n) is 4.67. The molecular weight excluding hydrogens is 224 g/mol. The van der Waals surface area contributed by atoms with E-state index in [-0.39, 0.29) is 0 Å². The highest BCUT2D eigenvalue weighted by Crippen LogP contribution is 2.23. The van der Waals surface area contributed by atoms with E-state index in [0.29, 0.717) is 0 Å². The van der Waals surface area contributed by atoms with Crippen LogP contribution in [0, 0.1) is 6.92 Å². The molecule has 0 atom stereocenters. The molecule has 0 amide bonds. The largest absolute Gasteiger partial charge is 0.311 e. The maximum absolute atomic E-state index is 4.45. The Morgan fingerprint density at radius 3 is 2.94 bits per heavy atom. The molecule has 4 aromatic rings. The Bertz CT molecular complexity index is 898. The van der Waals surface area contributed by atoms with Crippen molar-refractivity contribution >= 4 is 22.3 Å². The molecule has 0 fully saturated rings. The normalized spacial score (nSPS) is 11.9. The number of imidazole rings is 2. The summed E-state index contributed by atoms with van der Waals surface area (Å²) in [4.78, 5) is 4.45. The van der Waals surface area contributed by atoms with Gasteiger partial charge in [0, 0.05) is 12.4 Å². The summed E-state index contributed by atoms with van der Waals surface area (Å²) in [6.07, 6.45) is 7.98. The van der Waals surface area contributed by atoms with E-state index in [4.69, 9.17) is 0 Å². The maximum Gasteiger partial charge on any atom is 0.311 e. The first-order chi connectivity index (χ1) is 8.77. The van der Waals surface area contributed by atoms with Gasteiger partial charge in [-0.15, -0.1) is 0 Å². The molecule has 1 aromatic carbocycles. The first-order valence-electron chi connectivity index (χ1n) is 5.98. The SMILES string of the molecule is Cc1cccc2c1c1n(cc[n+]1C)c1nccn21. The summed E-state index contributed by atoms with van der Waals surface area (Å²) in [5.74, 6) is 0.948. The Morgan fingerprint density at radius 2 is 2.06 bits per heavy atom. The number of nitrogens with zero attached hydrogens (tertiary/aromatic N) is 4. The van der Waals surface area contributed by atoms with E-state index in [1.165, 1.54) is 22.1 Å². The van der Waals surface area contributed by atoms with Crippen LogP contribution in [-0.4, -0.2) is 13.8 Å². The minimum atomic E-state index is 0.948. The second-order valence-corrected chi connectivity index (χ2v) is 4.67. The lowest BCUT2D eigenvalue weighted by Gasteiger charge is -2.04. The van der Waals surface area contributed by atoms with Crippen molar-refractivity contribution in [3.8, 4) is 0 Å². The van der Waals surface area contributed by atoms with Crippen LogP contribution in [0.5, 0.6) is 0 Å². The molecule has 4 rings (SSSR count). The van der Waals surface area contributed by atoms with Gasteiger partial charge in [-0.05, 0) is 18.6 Å². The molecule has 4 nitrogen and oxygen atoms in total. The Balaban J connectivity index is 2.51. The van der Waals surface area contributed by atoms with Crippen LogP contribution in [0.1, 0.15) is 5.56 Å². The van der Waals surface area contributed by atoms with E-state index in [0.717, 1.165) is 5.78 Å². The number of fused-ring (bicyclic) bond motifs is 6. The van der Waals surface area contributed by atoms with Crippen molar-refractivity contribution in [2.45, 2.75) is 6.92 Å². The zero-order valence-corrected chi connectivity index (χ0v) is 10.3. The molecule has 0 aliphatic heterocycles. The quantitative estimate of drug-likeness (QED) is 0.429. The van der Waals surface area contributed by atoms with E-state index in [1.54, 1.807) is 0 Å². The van der Waals surface area contributed by atoms with E-state index in [1.807, 2.05) is 12.4 Å². The van der Waals surface area contributed by atoms with Gasteiger partial charge in [-0.2, -0.15) is 9.38 Å². The highest BCUT2D eigenvalue weighted by molar-refractivity contribution is 5.94. The lowest BCUT2D eigenvalue weighted by atomic mass is 10.1. The van der Waals surface area contributed by atoms with Crippen LogP contribution < -0.4 is 4.57 Å². The van der Waals surface area contributed by atoms with E-state index in [2.05, 4.69) is 62.9 Å². The van der Waals surface area contributed by atoms with E-state index < -0.39 is 0 Å². The molecule has 3 heterocycles. The molecule has 0 spiro atoms. The van der Waals surface area contributed by atoms with Gasteiger partial charge >= 0.3 is 5.78 Å². The Hall–Kier alpha value is -2.36. The number of rotatable bonds is 0. The van der Waals surface area contributed by atoms with Crippen molar-refractivity contribution in [3.05, 3.63) is 48.5 Å². The second kappa shape index (κ2) is 3.10. The highest BCUT2D eigenvalue weighted by atomic mass is 15.2. The van der Waals surface area contributed by atoms with Gasteiger partial charge in [0.05, 0.1) is 18.0 Å². The fraction of sp³-hybridized carbons (Fsp3) is 0.143. The number of aromatic nitrogens is 4. The van der Waals surface area contributed by atoms with Crippen molar-refractivity contribution in [2.24, 2.45) is 7.05 Å². The third-order valence-corrected chi connectivity index (χ3v) is 3.57. The summed E-state index contributed by atoms with van der Waals surface area (Å²) in [6.45, 7) is 2.15. The van der Waals surface area contributed by atoms with Gasteiger partial charge in [0.1, 0.15) is 12.4 Å². The minimum Gasteiger partial charge on any atom is -0.265 e. The van der Waals surface area contributed by atoms with Crippen LogP contribution in [0.25, 0.3) is 22.3 Å². The monoisotopic (exact) mass is 237 g/mol. The molecule has 3 aromatic heterocycles. The molecule has 0 saturated heterocycles. The average Bonchev–Trinajstić information content (AvgIpc) is 2.96. The third kappa shape index (κ3) is 1.00. The van der Waals surface area contributed by atoms with Crippen LogP contribution in [0.2, 0.25) is 0 Å². The van der Waals surface area contributed by atoms with Gasteiger partial charge in [-0.3, -0.25) is 4.40 Å². The van der Waals surface area contributed by atoms with Gasteiger partial charge in [0.25, 0.3) is 5.65 Å². The smallest absolute Gasteiger partial charge is 0.265 e. The first-order valence-corrected chi connectivity index (χ1v) is 5.98. The van der Waals surface area contributed by atoms with Gasteiger partial charge in [0.2, 0.25) is 0 Å². The van der Waals surface area contributed by atoms with Crippen molar-refractivity contribution in [1.82, 2.24) is 13.8 Å². The Labute approximate surface area is 104 Å². The van der Waals surface area contributed by atoms with Crippen LogP contribution >= 0.6 is 0 Å². The Morgan fingerprint density at radius 1 is 1.17 bits per heavy atom. The van der Waals surface area contributed by atoms with Gasteiger partial charge in [-0.25, -0.2) is 4.57 Å². The van der Waals surface area contributed by atoms with Gasteiger partial charge in [-0.1, -0.05) is 12.1 Å². The predicted molar refractivity (Wildman–Crippen MR) is 69.6 cm³/mol. The molecule has 88 valence electrons. The van der Waals surface area contributed by atoms with Crippen LogP contribution in [-0.2, 0) is 7.05 Å². The minimum absolute atomic E-state index is 0.948. The van der Waals surface area contributed by atoms with Crippen LogP contribution in [0.15, 0.2) is 43.0 Å². The molecule has 18 heavy (non-hydrogen) atoms. The first kappa shape index (κ1) is 9.65. The molecular formula is C14H13N4+. The average molecular weight is 237 g/mol. The molecule has 0 radical (unpaired) electrons. The third-order valence-electron chi connectivity index (χ3n) is 3.57. The summed E-state index contributed by atoms with van der Waals surface area (Å²) < 4.78 is 6.41. The number of benzene rings is 1. The highest BCUT2D eigenvalue weighted by Gasteiger charge is 2.18.